The lowest BCUT2D eigenvalue weighted by Crippen LogP contribution is -2.27. The molecule has 12 heteroatoms. The summed E-state index contributed by atoms with van der Waals surface area (Å²) in [6.45, 7) is 6.69. The molecule has 0 fully saturated rings. The Morgan fingerprint density at radius 2 is 2.00 bits per heavy atom. The smallest absolute Gasteiger partial charge is 0.397 e. The molecule has 194 valence electrons. The van der Waals surface area contributed by atoms with E-state index in [1.54, 1.807) is 25.0 Å². The zero-order valence-electron chi connectivity index (χ0n) is 20.4. The Morgan fingerprint density at radius 3 is 2.56 bits per heavy atom. The van der Waals surface area contributed by atoms with Gasteiger partial charge in [-0.15, -0.1) is 0 Å². The highest BCUT2D eigenvalue weighted by atomic mass is 35.5. The predicted octanol–water partition coefficient (Wildman–Crippen LogP) is 3.92. The Morgan fingerprint density at radius 1 is 1.33 bits per heavy atom. The topological polar surface area (TPSA) is 114 Å². The molecule has 0 saturated carbocycles. The molecule has 2 aromatic rings. The number of nitrogens with two attached hydrogens (primary N) is 2. The lowest BCUT2D eigenvalue weighted by Gasteiger charge is -2.18. The van der Waals surface area contributed by atoms with Gasteiger partial charge < -0.3 is 16.4 Å². The van der Waals surface area contributed by atoms with Gasteiger partial charge in [-0.1, -0.05) is 18.2 Å². The summed E-state index contributed by atoms with van der Waals surface area (Å²) in [6, 6.07) is 4.43. The van der Waals surface area contributed by atoms with Crippen LogP contribution >= 0.6 is 11.6 Å². The number of anilines is 1. The first-order chi connectivity index (χ1) is 16.7. The van der Waals surface area contributed by atoms with E-state index in [2.05, 4.69) is 22.3 Å². The Kier molecular flexibility index (Phi) is 9.51. The molecule has 1 aromatic heterocycles. The van der Waals surface area contributed by atoms with Gasteiger partial charge in [0, 0.05) is 47.9 Å². The Bertz CT molecular complexity index is 1230. The fourth-order valence-corrected chi connectivity index (χ4v) is 3.32. The van der Waals surface area contributed by atoms with Gasteiger partial charge >= 0.3 is 6.18 Å². The Balaban J connectivity index is 2.25. The van der Waals surface area contributed by atoms with Crippen LogP contribution in [0.1, 0.15) is 28.5 Å². The number of hydrogen-bond donors (Lipinski definition) is 4. The number of amides is 1. The highest BCUT2D eigenvalue weighted by Crippen LogP contribution is 2.28. The number of allylic oxidation sites excluding steroid dienone is 2. The van der Waals surface area contributed by atoms with Crippen LogP contribution in [0.2, 0.25) is 5.02 Å². The van der Waals surface area contributed by atoms with E-state index in [0.29, 0.717) is 16.9 Å². The van der Waals surface area contributed by atoms with Crippen LogP contribution in [0.4, 0.5) is 18.9 Å². The van der Waals surface area contributed by atoms with Crippen molar-refractivity contribution in [2.24, 2.45) is 18.6 Å². The van der Waals surface area contributed by atoms with Crippen LogP contribution in [-0.4, -0.2) is 35.5 Å². The maximum Gasteiger partial charge on any atom is 0.412 e. The van der Waals surface area contributed by atoms with Crippen molar-refractivity contribution < 1.29 is 18.0 Å². The van der Waals surface area contributed by atoms with Gasteiger partial charge in [0.25, 0.3) is 5.91 Å². The van der Waals surface area contributed by atoms with Gasteiger partial charge in [-0.3, -0.25) is 14.5 Å². The van der Waals surface area contributed by atoms with Gasteiger partial charge in [-0.05, 0) is 56.8 Å². The minimum atomic E-state index is -4.46. The number of nitrogens with zero attached hydrogens (tertiary/aromatic N) is 3. The van der Waals surface area contributed by atoms with E-state index in [1.807, 2.05) is 6.92 Å². The van der Waals surface area contributed by atoms with E-state index < -0.39 is 17.7 Å². The molecule has 0 spiro atoms. The Hall–Kier alpha value is -3.54. The van der Waals surface area contributed by atoms with Crippen LogP contribution in [0, 0.1) is 6.92 Å². The number of nitrogens with one attached hydrogen (secondary N) is 2. The molecule has 1 amide bonds. The minimum Gasteiger partial charge on any atom is -0.397 e. The summed E-state index contributed by atoms with van der Waals surface area (Å²) in [5.41, 5.74) is 8.13. The third kappa shape index (κ3) is 7.48. The van der Waals surface area contributed by atoms with E-state index in [9.17, 15) is 18.0 Å². The molecule has 0 radical (unpaired) electrons. The van der Waals surface area contributed by atoms with Gasteiger partial charge in [-0.2, -0.15) is 18.3 Å². The predicted molar refractivity (Wildman–Crippen MR) is 137 cm³/mol. The first-order valence-corrected chi connectivity index (χ1v) is 11.0. The molecule has 0 aliphatic rings. The number of carbonyl (C=O) groups excluding carboxylic acids is 1. The minimum absolute atomic E-state index is 0.105. The van der Waals surface area contributed by atoms with Crippen LogP contribution < -0.4 is 27.2 Å². The molecule has 0 aliphatic carbocycles. The number of aryl methyl sites for hydroxylation is 1. The van der Waals surface area contributed by atoms with Crippen LogP contribution in [-0.2, 0) is 7.05 Å². The molecule has 2 rings (SSSR count). The van der Waals surface area contributed by atoms with Crippen molar-refractivity contribution >= 4 is 28.9 Å². The normalized spacial score (nSPS) is 13.1. The van der Waals surface area contributed by atoms with E-state index in [0.717, 1.165) is 18.7 Å². The van der Waals surface area contributed by atoms with E-state index in [4.69, 9.17) is 23.2 Å². The largest absolute Gasteiger partial charge is 0.412 e. The molecule has 0 unspecified atom stereocenters. The number of likely N-dealkylation sites (N-methyl/N-ethyl adjacent to an activating group) is 1. The highest BCUT2D eigenvalue weighted by Gasteiger charge is 2.29. The fraction of sp³-hybridized carbons (Fsp3) is 0.250. The second-order valence-corrected chi connectivity index (χ2v) is 8.39. The number of aromatic nitrogens is 2. The number of alkyl halides is 3. The maximum atomic E-state index is 12.9. The van der Waals surface area contributed by atoms with Crippen molar-refractivity contribution in [1.29, 1.82) is 0 Å². The summed E-state index contributed by atoms with van der Waals surface area (Å²) in [5.74, 6) is 5.59. The number of halogens is 4. The molecular formula is C24H29ClF3N7O. The van der Waals surface area contributed by atoms with Crippen LogP contribution in [0.3, 0.4) is 0 Å². The number of hydrazine groups is 1. The molecule has 0 aliphatic heterocycles. The molecule has 0 bridgehead atoms. The third-order valence-electron chi connectivity index (χ3n) is 5.17. The first-order valence-electron chi connectivity index (χ1n) is 10.6. The second kappa shape index (κ2) is 11.9. The number of benzene rings is 1. The summed E-state index contributed by atoms with van der Waals surface area (Å²) < 4.78 is 40.4. The average molecular weight is 524 g/mol. The highest BCUT2D eigenvalue weighted by molar-refractivity contribution is 6.33. The van der Waals surface area contributed by atoms with Crippen molar-refractivity contribution in [2.75, 3.05) is 18.6 Å². The van der Waals surface area contributed by atoms with Crippen molar-refractivity contribution in [3.63, 3.8) is 0 Å². The quantitative estimate of drug-likeness (QED) is 0.225. The zero-order chi connectivity index (χ0) is 27.2. The summed E-state index contributed by atoms with van der Waals surface area (Å²) in [4.78, 5) is 12.8. The van der Waals surface area contributed by atoms with Gasteiger partial charge in [0.05, 0.1) is 22.6 Å². The Labute approximate surface area is 212 Å². The van der Waals surface area contributed by atoms with Crippen LogP contribution in [0.5, 0.6) is 0 Å². The van der Waals surface area contributed by atoms with E-state index in [-0.39, 0.29) is 28.4 Å². The van der Waals surface area contributed by atoms with Crippen LogP contribution in [0.15, 0.2) is 66.2 Å². The average Bonchev–Trinajstić information content (AvgIpc) is 3.11. The van der Waals surface area contributed by atoms with E-state index >= 15 is 0 Å². The van der Waals surface area contributed by atoms with Crippen molar-refractivity contribution in [1.82, 2.24) is 20.4 Å². The monoisotopic (exact) mass is 523 g/mol. The SMILES string of the molecule is C=C(/C=C(\C=C(/C)C(F)(F)F)CNC)NC(=O)c1ccc(Cl)c(N(N)/C=C(\N)c2cnn(C)c2C)c1. The summed E-state index contributed by atoms with van der Waals surface area (Å²) in [5, 5.41) is 10.9. The molecule has 1 heterocycles. The first kappa shape index (κ1) is 28.7. The summed E-state index contributed by atoms with van der Waals surface area (Å²) in [7, 11) is 3.38. The van der Waals surface area contributed by atoms with Gasteiger partial charge in [0.15, 0.2) is 0 Å². The summed E-state index contributed by atoms with van der Waals surface area (Å²) >= 11 is 6.28. The number of rotatable bonds is 9. The van der Waals surface area contributed by atoms with Crippen LogP contribution in [0.25, 0.3) is 5.70 Å². The molecule has 8 nitrogen and oxygen atoms in total. The van der Waals surface area contributed by atoms with E-state index in [1.165, 1.54) is 35.5 Å². The van der Waals surface area contributed by atoms with Crippen molar-refractivity contribution in [3.8, 4) is 0 Å². The molecule has 6 N–H and O–H groups in total. The molecule has 36 heavy (non-hydrogen) atoms. The lowest BCUT2D eigenvalue weighted by atomic mass is 10.1. The lowest BCUT2D eigenvalue weighted by molar-refractivity contribution is -0.0913. The molecular weight excluding hydrogens is 495 g/mol. The third-order valence-corrected chi connectivity index (χ3v) is 5.49. The number of carbonyl (C=O) groups is 1. The second-order valence-electron chi connectivity index (χ2n) is 7.98. The fourth-order valence-electron chi connectivity index (χ4n) is 3.11. The maximum absolute atomic E-state index is 12.9. The van der Waals surface area contributed by atoms with Gasteiger partial charge in [-0.25, -0.2) is 5.84 Å². The van der Waals surface area contributed by atoms with Gasteiger partial charge in [0.2, 0.25) is 0 Å². The number of hydrogen-bond acceptors (Lipinski definition) is 6. The van der Waals surface area contributed by atoms with Gasteiger partial charge in [0.1, 0.15) is 0 Å². The molecule has 0 saturated heterocycles. The zero-order valence-corrected chi connectivity index (χ0v) is 21.1. The van der Waals surface area contributed by atoms with Crippen molar-refractivity contribution in [3.05, 3.63) is 88.0 Å². The molecule has 1 aromatic carbocycles. The standard InChI is InChI=1S/C24H29ClF3N7O/c1-14(24(26,27)28)8-17(11-31-4)9-15(2)33-23(36)18-6-7-20(25)22(10-18)35(30)13-21(29)19-12-32-34(5)16(19)3/h6-10,12-13,31H,2,11,29-30H2,1,3-5H3,(H,33,36)/b14-8+,17-9+,21-13-. The molecule has 0 atom stereocenters. The summed E-state index contributed by atoms with van der Waals surface area (Å²) in [6.07, 6.45) is 0.941. The van der Waals surface area contributed by atoms with Crippen molar-refractivity contribution in [2.45, 2.75) is 20.0 Å².